The summed E-state index contributed by atoms with van der Waals surface area (Å²) < 4.78 is 8.55. The number of carbonyl (C=O) groups is 1. The number of aromatic amines is 1. The lowest BCUT2D eigenvalue weighted by atomic mass is 9.96. The van der Waals surface area contributed by atoms with Gasteiger partial charge in [-0.25, -0.2) is 0 Å². The van der Waals surface area contributed by atoms with Crippen LogP contribution in [0.2, 0.25) is 0 Å². The largest absolute Gasteiger partial charge is 0.491 e. The van der Waals surface area contributed by atoms with E-state index in [2.05, 4.69) is 22.0 Å². The first-order valence-electron chi connectivity index (χ1n) is 9.82. The molecule has 0 saturated carbocycles. The fraction of sp³-hybridized carbons (Fsp3) is 0.550. The number of likely N-dealkylation sites (tertiary alicyclic amines) is 1. The average Bonchev–Trinajstić information content (AvgIpc) is 3.08. The monoisotopic (exact) mass is 403 g/mol. The first-order chi connectivity index (χ1) is 13.5. The Morgan fingerprint density at radius 1 is 1.39 bits per heavy atom. The predicted molar refractivity (Wildman–Crippen MR) is 111 cm³/mol. The number of amides is 1. The number of benzene rings is 1. The first kappa shape index (κ1) is 20.5. The van der Waals surface area contributed by atoms with Gasteiger partial charge in [0.05, 0.1) is 5.56 Å². The summed E-state index contributed by atoms with van der Waals surface area (Å²) in [5.74, 6) is 1.79. The number of hydrogen-bond acceptors (Lipinski definition) is 5. The molecule has 1 aromatic heterocycles. The number of piperidine rings is 1. The number of aromatic nitrogens is 3. The minimum absolute atomic E-state index is 0.0161. The average molecular weight is 404 g/mol. The maximum absolute atomic E-state index is 13.2. The third-order valence-corrected chi connectivity index (χ3v) is 5.40. The number of para-hydroxylation sites is 1. The number of H-pyrrole nitrogens is 1. The lowest BCUT2D eigenvalue weighted by Gasteiger charge is -2.32. The Bertz CT molecular complexity index is 860. The summed E-state index contributed by atoms with van der Waals surface area (Å²) in [6.07, 6.45) is 1.95. The molecular formula is C20H29N5O2S. The van der Waals surface area contributed by atoms with E-state index in [1.165, 1.54) is 0 Å². The zero-order valence-corrected chi connectivity index (χ0v) is 17.7. The number of carbonyl (C=O) groups excluding carboxylic acids is 1. The van der Waals surface area contributed by atoms with Crippen molar-refractivity contribution in [2.45, 2.75) is 32.2 Å². The molecule has 1 aliphatic rings. The van der Waals surface area contributed by atoms with Crippen LogP contribution in [0.3, 0.4) is 0 Å². The van der Waals surface area contributed by atoms with Crippen molar-refractivity contribution in [3.63, 3.8) is 0 Å². The van der Waals surface area contributed by atoms with Crippen LogP contribution in [0.4, 0.5) is 0 Å². The molecule has 2 heterocycles. The van der Waals surface area contributed by atoms with Gasteiger partial charge < -0.3 is 19.1 Å². The fourth-order valence-corrected chi connectivity index (χ4v) is 3.87. The number of rotatable bonds is 7. The van der Waals surface area contributed by atoms with Crippen molar-refractivity contribution in [3.8, 4) is 5.75 Å². The van der Waals surface area contributed by atoms with Gasteiger partial charge >= 0.3 is 0 Å². The number of hydrogen-bond donors (Lipinski definition) is 1. The highest BCUT2D eigenvalue weighted by atomic mass is 32.1. The fourth-order valence-electron chi connectivity index (χ4n) is 3.60. The number of nitrogens with one attached hydrogen (secondary N) is 1. The van der Waals surface area contributed by atoms with Gasteiger partial charge in [-0.15, -0.1) is 0 Å². The van der Waals surface area contributed by atoms with Crippen LogP contribution in [-0.4, -0.2) is 70.8 Å². The second kappa shape index (κ2) is 9.34. The van der Waals surface area contributed by atoms with E-state index in [4.69, 9.17) is 17.0 Å². The molecule has 0 radical (unpaired) electrons. The summed E-state index contributed by atoms with van der Waals surface area (Å²) in [7, 11) is 4.00. The van der Waals surface area contributed by atoms with E-state index in [1.54, 1.807) is 0 Å². The molecule has 8 heteroatoms. The maximum atomic E-state index is 13.2. The molecule has 152 valence electrons. The lowest BCUT2D eigenvalue weighted by molar-refractivity contribution is 0.0698. The SMILES string of the molecule is CCn1c(C2CCCN(C(=O)c3ccccc3OCCN(C)C)C2)n[nH]c1=S. The molecule has 1 fully saturated rings. The van der Waals surface area contributed by atoms with E-state index in [9.17, 15) is 4.79 Å². The molecule has 1 N–H and O–H groups in total. The molecule has 2 aromatic rings. The first-order valence-corrected chi connectivity index (χ1v) is 10.2. The molecule has 1 unspecified atom stereocenters. The summed E-state index contributed by atoms with van der Waals surface area (Å²) in [4.78, 5) is 17.2. The molecule has 1 aliphatic heterocycles. The van der Waals surface area contributed by atoms with Crippen molar-refractivity contribution in [1.29, 1.82) is 0 Å². The summed E-state index contributed by atoms with van der Waals surface area (Å²) in [6, 6.07) is 7.50. The van der Waals surface area contributed by atoms with E-state index in [1.807, 2.05) is 47.8 Å². The van der Waals surface area contributed by atoms with Crippen LogP contribution in [0.15, 0.2) is 24.3 Å². The van der Waals surface area contributed by atoms with Crippen LogP contribution in [0.1, 0.15) is 41.9 Å². The molecule has 3 rings (SSSR count). The van der Waals surface area contributed by atoms with Gasteiger partial charge in [-0.1, -0.05) is 12.1 Å². The van der Waals surface area contributed by atoms with Crippen molar-refractivity contribution >= 4 is 18.1 Å². The van der Waals surface area contributed by atoms with Crippen molar-refractivity contribution in [1.82, 2.24) is 24.6 Å². The zero-order valence-electron chi connectivity index (χ0n) is 16.9. The van der Waals surface area contributed by atoms with Gasteiger partial charge in [0.15, 0.2) is 4.77 Å². The Kier molecular flexibility index (Phi) is 6.85. The standard InChI is InChI=1S/C20H29N5O2S/c1-4-25-18(21-22-20(25)28)15-8-7-11-24(14-15)19(26)16-9-5-6-10-17(16)27-13-12-23(2)3/h5-6,9-10,15H,4,7-8,11-14H2,1-3H3,(H,22,28). The summed E-state index contributed by atoms with van der Waals surface area (Å²) in [5.41, 5.74) is 0.622. The van der Waals surface area contributed by atoms with Gasteiger partial charge in [0.1, 0.15) is 18.2 Å². The Balaban J connectivity index is 1.75. The predicted octanol–water partition coefficient (Wildman–Crippen LogP) is 2.92. The molecule has 1 saturated heterocycles. The second-order valence-corrected chi connectivity index (χ2v) is 7.76. The highest BCUT2D eigenvalue weighted by Gasteiger charge is 2.29. The van der Waals surface area contributed by atoms with Crippen molar-refractivity contribution in [2.75, 3.05) is 40.3 Å². The van der Waals surface area contributed by atoms with Crippen molar-refractivity contribution in [3.05, 3.63) is 40.4 Å². The zero-order chi connectivity index (χ0) is 20.1. The minimum Gasteiger partial charge on any atom is -0.491 e. The summed E-state index contributed by atoms with van der Waals surface area (Å²) in [6.45, 7) is 5.57. The van der Waals surface area contributed by atoms with Crippen LogP contribution in [0.5, 0.6) is 5.75 Å². The quantitative estimate of drug-likeness (QED) is 0.720. The smallest absolute Gasteiger partial charge is 0.257 e. The van der Waals surface area contributed by atoms with Gasteiger partial charge in [-0.3, -0.25) is 9.89 Å². The third-order valence-electron chi connectivity index (χ3n) is 5.09. The Labute approximate surface area is 171 Å². The van der Waals surface area contributed by atoms with Crippen molar-refractivity contribution < 1.29 is 9.53 Å². The molecule has 28 heavy (non-hydrogen) atoms. The van der Waals surface area contributed by atoms with Crippen LogP contribution >= 0.6 is 12.2 Å². The van der Waals surface area contributed by atoms with Crippen molar-refractivity contribution in [2.24, 2.45) is 0 Å². The molecule has 7 nitrogen and oxygen atoms in total. The van der Waals surface area contributed by atoms with Crippen LogP contribution in [-0.2, 0) is 6.54 Å². The number of likely N-dealkylation sites (N-methyl/N-ethyl adjacent to an activating group) is 1. The normalized spacial score (nSPS) is 17.1. The van der Waals surface area contributed by atoms with E-state index >= 15 is 0 Å². The van der Waals surface area contributed by atoms with E-state index in [0.717, 1.165) is 38.3 Å². The van der Waals surface area contributed by atoms with Gasteiger partial charge in [0.25, 0.3) is 5.91 Å². The highest BCUT2D eigenvalue weighted by Crippen LogP contribution is 2.28. The Morgan fingerprint density at radius 2 is 2.18 bits per heavy atom. The van der Waals surface area contributed by atoms with Crippen LogP contribution in [0, 0.1) is 4.77 Å². The van der Waals surface area contributed by atoms with E-state index in [-0.39, 0.29) is 11.8 Å². The highest BCUT2D eigenvalue weighted by molar-refractivity contribution is 7.71. The number of ether oxygens (including phenoxy) is 1. The number of nitrogens with zero attached hydrogens (tertiary/aromatic N) is 4. The van der Waals surface area contributed by atoms with E-state index < -0.39 is 0 Å². The molecule has 0 aliphatic carbocycles. The van der Waals surface area contributed by atoms with Crippen LogP contribution < -0.4 is 4.74 Å². The molecule has 0 spiro atoms. The lowest BCUT2D eigenvalue weighted by Crippen LogP contribution is -2.40. The molecule has 0 bridgehead atoms. The van der Waals surface area contributed by atoms with Gasteiger partial charge in [-0.05, 0) is 58.2 Å². The second-order valence-electron chi connectivity index (χ2n) is 7.37. The summed E-state index contributed by atoms with van der Waals surface area (Å²) in [5, 5.41) is 7.32. The topological polar surface area (TPSA) is 66.4 Å². The Morgan fingerprint density at radius 3 is 2.93 bits per heavy atom. The molecule has 1 atom stereocenters. The van der Waals surface area contributed by atoms with Gasteiger partial charge in [-0.2, -0.15) is 5.10 Å². The van der Waals surface area contributed by atoms with Gasteiger partial charge in [0.2, 0.25) is 0 Å². The third kappa shape index (κ3) is 4.62. The maximum Gasteiger partial charge on any atom is 0.257 e. The van der Waals surface area contributed by atoms with E-state index in [0.29, 0.717) is 29.2 Å². The van der Waals surface area contributed by atoms with Crippen LogP contribution in [0.25, 0.3) is 0 Å². The molecule has 1 aromatic carbocycles. The van der Waals surface area contributed by atoms with Gasteiger partial charge in [0, 0.05) is 32.1 Å². The minimum atomic E-state index is 0.0161. The Hall–Kier alpha value is -2.19. The molecular weight excluding hydrogens is 374 g/mol. The summed E-state index contributed by atoms with van der Waals surface area (Å²) >= 11 is 5.32. The molecule has 1 amide bonds.